The van der Waals surface area contributed by atoms with Gasteiger partial charge in [0, 0.05) is 13.0 Å². The second-order valence-electron chi connectivity index (χ2n) is 4.47. The van der Waals surface area contributed by atoms with Crippen LogP contribution in [0.25, 0.3) is 0 Å². The number of nitrogens with one attached hydrogen (secondary N) is 1. The van der Waals surface area contributed by atoms with Crippen molar-refractivity contribution in [2.45, 2.75) is 19.3 Å². The molecule has 0 saturated carbocycles. The summed E-state index contributed by atoms with van der Waals surface area (Å²) < 4.78 is 11.0. The van der Waals surface area contributed by atoms with Crippen LogP contribution >= 0.6 is 0 Å². The number of carbonyl (C=O) groups excluding carboxylic acids is 1. The molecule has 0 fully saturated rings. The summed E-state index contributed by atoms with van der Waals surface area (Å²) in [6.07, 6.45) is 2.01. The highest BCUT2D eigenvalue weighted by atomic mass is 16.6. The third kappa shape index (κ3) is 4.13. The van der Waals surface area contributed by atoms with Gasteiger partial charge in [-0.05, 0) is 37.1 Å². The van der Waals surface area contributed by atoms with Crippen molar-refractivity contribution in [1.82, 2.24) is 5.32 Å². The Morgan fingerprint density at radius 1 is 1.26 bits per heavy atom. The Morgan fingerprint density at radius 3 is 2.84 bits per heavy atom. The van der Waals surface area contributed by atoms with E-state index >= 15 is 0 Å². The van der Waals surface area contributed by atoms with Crippen LogP contribution in [0.15, 0.2) is 18.2 Å². The Kier molecular flexibility index (Phi) is 5.03. The Balaban J connectivity index is 1.78. The Labute approximate surface area is 113 Å². The highest BCUT2D eigenvalue weighted by Gasteiger charge is 2.11. The van der Waals surface area contributed by atoms with Crippen LogP contribution < -0.4 is 20.5 Å². The van der Waals surface area contributed by atoms with E-state index in [1.54, 1.807) is 0 Å². The predicted molar refractivity (Wildman–Crippen MR) is 72.4 cm³/mol. The number of fused-ring (bicyclic) bond motifs is 1. The van der Waals surface area contributed by atoms with E-state index in [2.05, 4.69) is 5.32 Å². The van der Waals surface area contributed by atoms with Crippen molar-refractivity contribution in [2.75, 3.05) is 26.3 Å². The van der Waals surface area contributed by atoms with Crippen molar-refractivity contribution in [3.8, 4) is 11.5 Å². The molecule has 3 N–H and O–H groups in total. The van der Waals surface area contributed by atoms with E-state index in [0.29, 0.717) is 32.7 Å². The molecule has 1 aliphatic rings. The maximum Gasteiger partial charge on any atom is 0.220 e. The van der Waals surface area contributed by atoms with Gasteiger partial charge in [-0.15, -0.1) is 0 Å². The molecule has 0 radical (unpaired) electrons. The number of benzene rings is 1. The first-order valence-electron chi connectivity index (χ1n) is 6.65. The summed E-state index contributed by atoms with van der Waals surface area (Å²) in [5, 5.41) is 2.88. The smallest absolute Gasteiger partial charge is 0.220 e. The zero-order valence-corrected chi connectivity index (χ0v) is 11.0. The fraction of sp³-hybridized carbons (Fsp3) is 0.500. The quantitative estimate of drug-likeness (QED) is 0.799. The average Bonchev–Trinajstić information content (AvgIpc) is 2.45. The second-order valence-corrected chi connectivity index (χ2v) is 4.47. The highest BCUT2D eigenvalue weighted by Crippen LogP contribution is 2.30. The van der Waals surface area contributed by atoms with Crippen LogP contribution in [-0.4, -0.2) is 32.2 Å². The first-order chi connectivity index (χ1) is 9.29. The molecule has 2 rings (SSSR count). The highest BCUT2D eigenvalue weighted by molar-refractivity contribution is 5.75. The first kappa shape index (κ1) is 13.7. The van der Waals surface area contributed by atoms with Gasteiger partial charge in [-0.25, -0.2) is 0 Å². The third-order valence-electron chi connectivity index (χ3n) is 2.95. The Bertz CT molecular complexity index is 435. The maximum absolute atomic E-state index is 11.4. The molecule has 5 nitrogen and oxygen atoms in total. The summed E-state index contributed by atoms with van der Waals surface area (Å²) in [5.41, 5.74) is 6.48. The lowest BCUT2D eigenvalue weighted by atomic mass is 10.1. The first-order valence-corrected chi connectivity index (χ1v) is 6.65. The van der Waals surface area contributed by atoms with Gasteiger partial charge in [0.2, 0.25) is 5.91 Å². The molecular formula is C14H20N2O3. The number of carbonyl (C=O) groups is 1. The molecule has 0 spiro atoms. The minimum Gasteiger partial charge on any atom is -0.486 e. The predicted octanol–water partition coefficient (Wildman–Crippen LogP) is 0.855. The van der Waals surface area contributed by atoms with Gasteiger partial charge >= 0.3 is 0 Å². The summed E-state index contributed by atoms with van der Waals surface area (Å²) in [6, 6.07) is 5.89. The van der Waals surface area contributed by atoms with Crippen LogP contribution in [0.3, 0.4) is 0 Å². The van der Waals surface area contributed by atoms with Gasteiger partial charge in [0.1, 0.15) is 13.2 Å². The van der Waals surface area contributed by atoms with Gasteiger partial charge in [0.25, 0.3) is 0 Å². The zero-order valence-electron chi connectivity index (χ0n) is 11.0. The van der Waals surface area contributed by atoms with Crippen molar-refractivity contribution >= 4 is 5.91 Å². The molecule has 0 saturated heterocycles. The van der Waals surface area contributed by atoms with Crippen LogP contribution in [0.2, 0.25) is 0 Å². The van der Waals surface area contributed by atoms with Gasteiger partial charge in [-0.2, -0.15) is 0 Å². The van der Waals surface area contributed by atoms with Crippen molar-refractivity contribution in [3.05, 3.63) is 23.8 Å². The van der Waals surface area contributed by atoms with E-state index in [4.69, 9.17) is 15.2 Å². The van der Waals surface area contributed by atoms with Crippen LogP contribution in [-0.2, 0) is 11.2 Å². The molecule has 1 amide bonds. The van der Waals surface area contributed by atoms with Gasteiger partial charge in [-0.1, -0.05) is 6.07 Å². The lowest BCUT2D eigenvalue weighted by molar-refractivity contribution is -0.121. The maximum atomic E-state index is 11.4. The molecule has 0 aromatic heterocycles. The molecule has 0 bridgehead atoms. The molecule has 1 aromatic rings. The summed E-state index contributed by atoms with van der Waals surface area (Å²) in [4.78, 5) is 11.4. The Hall–Kier alpha value is -1.75. The molecule has 0 aliphatic carbocycles. The van der Waals surface area contributed by atoms with Gasteiger partial charge in [-0.3, -0.25) is 4.79 Å². The largest absolute Gasteiger partial charge is 0.486 e. The summed E-state index contributed by atoms with van der Waals surface area (Å²) in [5.74, 6) is 1.64. The van der Waals surface area contributed by atoms with Crippen LogP contribution in [0, 0.1) is 0 Å². The van der Waals surface area contributed by atoms with E-state index in [9.17, 15) is 4.79 Å². The van der Waals surface area contributed by atoms with Gasteiger partial charge in [0.15, 0.2) is 11.5 Å². The van der Waals surface area contributed by atoms with Gasteiger partial charge in [0.05, 0.1) is 0 Å². The standard InChI is InChI=1S/C14H20N2O3/c15-6-1-2-14(17)16-7-5-11-3-4-12-13(10-11)19-9-8-18-12/h3-4,10H,1-2,5-9,15H2,(H,16,17). The van der Waals surface area contributed by atoms with E-state index in [0.717, 1.165) is 29.9 Å². The number of rotatable bonds is 6. The second kappa shape index (κ2) is 6.99. The molecule has 1 heterocycles. The van der Waals surface area contributed by atoms with E-state index in [1.165, 1.54) is 0 Å². The molecule has 19 heavy (non-hydrogen) atoms. The third-order valence-corrected chi connectivity index (χ3v) is 2.95. The topological polar surface area (TPSA) is 73.6 Å². The number of amides is 1. The average molecular weight is 264 g/mol. The van der Waals surface area contributed by atoms with Crippen LogP contribution in [0.1, 0.15) is 18.4 Å². The molecule has 104 valence electrons. The van der Waals surface area contributed by atoms with Crippen LogP contribution in [0.4, 0.5) is 0 Å². The van der Waals surface area contributed by atoms with Crippen molar-refractivity contribution in [2.24, 2.45) is 5.73 Å². The monoisotopic (exact) mass is 264 g/mol. The molecule has 0 atom stereocenters. The molecule has 0 unspecified atom stereocenters. The number of hydrogen-bond acceptors (Lipinski definition) is 4. The molecule has 5 heteroatoms. The number of nitrogens with two attached hydrogens (primary N) is 1. The summed E-state index contributed by atoms with van der Waals surface area (Å²) >= 11 is 0. The number of hydrogen-bond donors (Lipinski definition) is 2. The molecular weight excluding hydrogens is 244 g/mol. The van der Waals surface area contributed by atoms with E-state index in [-0.39, 0.29) is 5.91 Å². The Morgan fingerprint density at radius 2 is 2.05 bits per heavy atom. The van der Waals surface area contributed by atoms with Gasteiger partial charge < -0.3 is 20.5 Å². The fourth-order valence-electron chi connectivity index (χ4n) is 1.94. The lowest BCUT2D eigenvalue weighted by Gasteiger charge is -2.18. The van der Waals surface area contributed by atoms with E-state index < -0.39 is 0 Å². The fourth-order valence-corrected chi connectivity index (χ4v) is 1.94. The van der Waals surface area contributed by atoms with Crippen molar-refractivity contribution in [3.63, 3.8) is 0 Å². The minimum absolute atomic E-state index is 0.0583. The van der Waals surface area contributed by atoms with Crippen molar-refractivity contribution < 1.29 is 14.3 Å². The summed E-state index contributed by atoms with van der Waals surface area (Å²) in [7, 11) is 0. The summed E-state index contributed by atoms with van der Waals surface area (Å²) in [6.45, 7) is 2.37. The molecule has 1 aliphatic heterocycles. The normalized spacial score (nSPS) is 13.1. The molecule has 1 aromatic carbocycles. The minimum atomic E-state index is 0.0583. The SMILES string of the molecule is NCCCC(=O)NCCc1ccc2c(c1)OCCO2. The zero-order chi connectivity index (χ0) is 13.5. The van der Waals surface area contributed by atoms with Crippen LogP contribution in [0.5, 0.6) is 11.5 Å². The van der Waals surface area contributed by atoms with Crippen molar-refractivity contribution in [1.29, 1.82) is 0 Å². The van der Waals surface area contributed by atoms with E-state index in [1.807, 2.05) is 18.2 Å². The number of ether oxygens (including phenoxy) is 2. The lowest BCUT2D eigenvalue weighted by Crippen LogP contribution is -2.26.